The molecule has 1 atom stereocenters. The lowest BCUT2D eigenvalue weighted by Gasteiger charge is -2.15. The highest BCUT2D eigenvalue weighted by atomic mass is 16.5. The Labute approximate surface area is 194 Å². The number of carbonyl (C=O) groups is 1. The fraction of sp³-hybridized carbons (Fsp3) is 0.259. The van der Waals surface area contributed by atoms with Crippen molar-refractivity contribution in [1.29, 1.82) is 0 Å². The third-order valence-corrected chi connectivity index (χ3v) is 5.63. The number of hydrogen-bond donors (Lipinski definition) is 2. The number of hydrogen-bond acceptors (Lipinski definition) is 5. The number of benzene rings is 3. The largest absolute Gasteiger partial charge is 0.493 e. The number of aliphatic imine (C=N–C) groups is 1. The van der Waals surface area contributed by atoms with Gasteiger partial charge in [-0.15, -0.1) is 0 Å². The van der Waals surface area contributed by atoms with Crippen molar-refractivity contribution < 1.29 is 14.3 Å². The van der Waals surface area contributed by atoms with Crippen LogP contribution in [0.5, 0.6) is 11.5 Å². The van der Waals surface area contributed by atoms with E-state index in [2.05, 4.69) is 36.6 Å². The van der Waals surface area contributed by atoms with Crippen LogP contribution >= 0.6 is 0 Å². The van der Waals surface area contributed by atoms with Crippen molar-refractivity contribution in [3.63, 3.8) is 0 Å². The zero-order valence-electron chi connectivity index (χ0n) is 19.4. The predicted molar refractivity (Wildman–Crippen MR) is 132 cm³/mol. The Morgan fingerprint density at radius 2 is 1.67 bits per heavy atom. The van der Waals surface area contributed by atoms with E-state index in [1.165, 1.54) is 5.56 Å². The third-order valence-electron chi connectivity index (χ3n) is 5.63. The molecule has 0 bridgehead atoms. The SMILES string of the molecule is COc1cc2c(cc1OC)C(C(=Nc1ccc(CNC(C)C)cc1)c1ccccc1)C(=O)N2. The van der Waals surface area contributed by atoms with E-state index in [9.17, 15) is 4.79 Å². The van der Waals surface area contributed by atoms with Crippen LogP contribution in [-0.4, -0.2) is 31.9 Å². The zero-order valence-corrected chi connectivity index (χ0v) is 19.4. The first-order valence-electron chi connectivity index (χ1n) is 11.0. The minimum Gasteiger partial charge on any atom is -0.493 e. The van der Waals surface area contributed by atoms with Gasteiger partial charge in [-0.25, -0.2) is 0 Å². The normalized spacial score (nSPS) is 15.4. The van der Waals surface area contributed by atoms with E-state index in [-0.39, 0.29) is 5.91 Å². The molecule has 6 nitrogen and oxygen atoms in total. The highest BCUT2D eigenvalue weighted by Gasteiger charge is 2.36. The average Bonchev–Trinajstić information content (AvgIpc) is 3.15. The summed E-state index contributed by atoms with van der Waals surface area (Å²) in [6.07, 6.45) is 0. The molecular weight excluding hydrogens is 414 g/mol. The van der Waals surface area contributed by atoms with Crippen LogP contribution < -0.4 is 20.1 Å². The number of ether oxygens (including phenoxy) is 2. The fourth-order valence-electron chi connectivity index (χ4n) is 3.91. The first-order chi connectivity index (χ1) is 16.0. The molecular formula is C27H29N3O3. The van der Waals surface area contributed by atoms with Gasteiger partial charge in [-0.3, -0.25) is 9.79 Å². The van der Waals surface area contributed by atoms with Crippen LogP contribution in [0.4, 0.5) is 11.4 Å². The number of anilines is 1. The molecule has 1 aliphatic heterocycles. The number of fused-ring (bicyclic) bond motifs is 1. The number of methoxy groups -OCH3 is 2. The quantitative estimate of drug-likeness (QED) is 0.478. The van der Waals surface area contributed by atoms with Gasteiger partial charge >= 0.3 is 0 Å². The maximum Gasteiger partial charge on any atom is 0.238 e. The summed E-state index contributed by atoms with van der Waals surface area (Å²) in [5.74, 6) is 0.457. The maximum absolute atomic E-state index is 13.2. The Bertz CT molecular complexity index is 1160. The molecule has 3 aromatic rings. The van der Waals surface area contributed by atoms with E-state index in [1.807, 2.05) is 48.5 Å². The topological polar surface area (TPSA) is 72.0 Å². The summed E-state index contributed by atoms with van der Waals surface area (Å²) in [7, 11) is 3.17. The van der Waals surface area contributed by atoms with Gasteiger partial charge in [0.15, 0.2) is 11.5 Å². The van der Waals surface area contributed by atoms with Gasteiger partial charge in [0, 0.05) is 24.3 Å². The Hall–Kier alpha value is -3.64. The summed E-state index contributed by atoms with van der Waals surface area (Å²) in [5, 5.41) is 6.40. The first-order valence-corrected chi connectivity index (χ1v) is 11.0. The number of amides is 1. The standard InChI is InChI=1S/C27H29N3O3/c1-17(2)28-16-18-10-12-20(13-11-18)29-26(19-8-6-5-7-9-19)25-21-14-23(32-3)24(33-4)15-22(21)30-27(25)31/h5-15,17,25,28H,16H2,1-4H3,(H,30,31). The fourth-order valence-corrected chi connectivity index (χ4v) is 3.91. The van der Waals surface area contributed by atoms with Gasteiger partial charge in [-0.1, -0.05) is 56.3 Å². The number of rotatable bonds is 8. The van der Waals surface area contributed by atoms with Gasteiger partial charge in [-0.05, 0) is 34.9 Å². The second kappa shape index (κ2) is 9.88. The van der Waals surface area contributed by atoms with E-state index in [4.69, 9.17) is 14.5 Å². The van der Waals surface area contributed by atoms with Crippen molar-refractivity contribution >= 4 is 23.0 Å². The second-order valence-corrected chi connectivity index (χ2v) is 8.28. The summed E-state index contributed by atoms with van der Waals surface area (Å²) in [6, 6.07) is 22.0. The summed E-state index contributed by atoms with van der Waals surface area (Å²) < 4.78 is 10.9. The molecule has 0 aliphatic carbocycles. The van der Waals surface area contributed by atoms with Crippen LogP contribution in [0.15, 0.2) is 71.7 Å². The summed E-state index contributed by atoms with van der Waals surface area (Å²) >= 11 is 0. The molecule has 6 heteroatoms. The Balaban J connectivity index is 1.76. The second-order valence-electron chi connectivity index (χ2n) is 8.28. The number of nitrogens with zero attached hydrogens (tertiary/aromatic N) is 1. The molecule has 4 rings (SSSR count). The molecule has 170 valence electrons. The molecule has 2 N–H and O–H groups in total. The van der Waals surface area contributed by atoms with E-state index in [0.717, 1.165) is 23.4 Å². The van der Waals surface area contributed by atoms with Gasteiger partial charge in [0.1, 0.15) is 5.92 Å². The van der Waals surface area contributed by atoms with Crippen molar-refractivity contribution in [2.24, 2.45) is 4.99 Å². The molecule has 0 radical (unpaired) electrons. The lowest BCUT2D eigenvalue weighted by molar-refractivity contribution is -0.115. The maximum atomic E-state index is 13.2. The summed E-state index contributed by atoms with van der Waals surface area (Å²) in [5.41, 5.74) is 5.09. The number of carbonyl (C=O) groups excluding carboxylic acids is 1. The van der Waals surface area contributed by atoms with Gasteiger partial charge < -0.3 is 20.1 Å². The molecule has 0 saturated heterocycles. The van der Waals surface area contributed by atoms with Crippen molar-refractivity contribution in [1.82, 2.24) is 5.32 Å². The van der Waals surface area contributed by atoms with Crippen molar-refractivity contribution in [2.75, 3.05) is 19.5 Å². The Kier molecular flexibility index (Phi) is 6.75. The van der Waals surface area contributed by atoms with Crippen LogP contribution in [0, 0.1) is 0 Å². The van der Waals surface area contributed by atoms with Crippen LogP contribution in [0.2, 0.25) is 0 Å². The molecule has 1 heterocycles. The minimum absolute atomic E-state index is 0.124. The molecule has 0 aromatic heterocycles. The lowest BCUT2D eigenvalue weighted by atomic mass is 9.90. The molecule has 33 heavy (non-hydrogen) atoms. The lowest BCUT2D eigenvalue weighted by Crippen LogP contribution is -2.22. The van der Waals surface area contributed by atoms with E-state index >= 15 is 0 Å². The van der Waals surface area contributed by atoms with Crippen molar-refractivity contribution in [3.8, 4) is 11.5 Å². The van der Waals surface area contributed by atoms with E-state index < -0.39 is 5.92 Å². The number of nitrogens with one attached hydrogen (secondary N) is 2. The van der Waals surface area contributed by atoms with Crippen molar-refractivity contribution in [3.05, 3.63) is 83.4 Å². The molecule has 0 fully saturated rings. The summed E-state index contributed by atoms with van der Waals surface area (Å²) in [4.78, 5) is 18.1. The van der Waals surface area contributed by atoms with E-state index in [1.54, 1.807) is 20.3 Å². The van der Waals surface area contributed by atoms with Gasteiger partial charge in [-0.2, -0.15) is 0 Å². The van der Waals surface area contributed by atoms with Crippen LogP contribution in [0.1, 0.15) is 36.5 Å². The molecule has 1 aliphatic rings. The molecule has 3 aromatic carbocycles. The monoisotopic (exact) mass is 443 g/mol. The van der Waals surface area contributed by atoms with Gasteiger partial charge in [0.25, 0.3) is 0 Å². The van der Waals surface area contributed by atoms with Crippen LogP contribution in [0.25, 0.3) is 0 Å². The molecule has 0 saturated carbocycles. The molecule has 1 unspecified atom stereocenters. The Morgan fingerprint density at radius 1 is 1.00 bits per heavy atom. The van der Waals surface area contributed by atoms with Gasteiger partial charge in [0.05, 0.1) is 25.6 Å². The Morgan fingerprint density at radius 3 is 2.30 bits per heavy atom. The first kappa shape index (κ1) is 22.6. The minimum atomic E-state index is -0.565. The zero-order chi connectivity index (χ0) is 23.4. The van der Waals surface area contributed by atoms with Gasteiger partial charge in [0.2, 0.25) is 5.91 Å². The predicted octanol–water partition coefficient (Wildman–Crippen LogP) is 5.06. The third kappa shape index (κ3) is 4.91. The molecule has 1 amide bonds. The van der Waals surface area contributed by atoms with Crippen molar-refractivity contribution in [2.45, 2.75) is 32.4 Å². The van der Waals surface area contributed by atoms with E-state index in [0.29, 0.717) is 28.9 Å². The highest BCUT2D eigenvalue weighted by Crippen LogP contribution is 2.42. The average molecular weight is 444 g/mol. The molecule has 0 spiro atoms. The smallest absolute Gasteiger partial charge is 0.238 e. The summed E-state index contributed by atoms with van der Waals surface area (Å²) in [6.45, 7) is 5.05. The highest BCUT2D eigenvalue weighted by molar-refractivity contribution is 6.24. The van der Waals surface area contributed by atoms with Crippen LogP contribution in [0.3, 0.4) is 0 Å². The van der Waals surface area contributed by atoms with Crippen LogP contribution in [-0.2, 0) is 11.3 Å².